The normalized spacial score (nSPS) is 11.8. The van der Waals surface area contributed by atoms with Crippen molar-refractivity contribution in [2.24, 2.45) is 0 Å². The van der Waals surface area contributed by atoms with Crippen LogP contribution in [0.5, 0.6) is 0 Å². The van der Waals surface area contributed by atoms with Crippen LogP contribution in [0.25, 0.3) is 5.65 Å². The fourth-order valence-electron chi connectivity index (χ4n) is 1.93. The lowest BCUT2D eigenvalue weighted by atomic mass is 10.0. The summed E-state index contributed by atoms with van der Waals surface area (Å²) in [5.41, 5.74) is 0.940. The van der Waals surface area contributed by atoms with Crippen LogP contribution in [0.15, 0.2) is 18.6 Å². The van der Waals surface area contributed by atoms with Gasteiger partial charge in [-0.2, -0.15) is 0 Å². The molecule has 2 aromatic heterocycles. The van der Waals surface area contributed by atoms with Crippen LogP contribution < -0.4 is 10.2 Å². The van der Waals surface area contributed by atoms with E-state index in [1.807, 2.05) is 23.0 Å². The first kappa shape index (κ1) is 13.6. The molecule has 19 heavy (non-hydrogen) atoms. The highest BCUT2D eigenvalue weighted by Crippen LogP contribution is 2.27. The van der Waals surface area contributed by atoms with Crippen LogP contribution in [0, 0.1) is 0 Å². The van der Waals surface area contributed by atoms with Gasteiger partial charge in [0.1, 0.15) is 5.82 Å². The monoisotopic (exact) mass is 261 g/mol. The molecule has 0 atom stereocenters. The second-order valence-corrected chi connectivity index (χ2v) is 5.36. The van der Waals surface area contributed by atoms with E-state index >= 15 is 0 Å². The number of nitrogens with one attached hydrogen (secondary N) is 1. The predicted octanol–water partition coefficient (Wildman–Crippen LogP) is 2.79. The molecule has 0 saturated carbocycles. The van der Waals surface area contributed by atoms with Gasteiger partial charge in [-0.25, -0.2) is 9.97 Å². The number of hydrogen-bond acceptors (Lipinski definition) is 4. The summed E-state index contributed by atoms with van der Waals surface area (Å²) in [7, 11) is 2.08. The number of anilines is 2. The molecule has 0 spiro atoms. The molecule has 1 N–H and O–H groups in total. The Balaban J connectivity index is 2.54. The molecule has 2 aromatic rings. The third-order valence-electron chi connectivity index (χ3n) is 3.81. The average molecular weight is 261 g/mol. The Hall–Kier alpha value is -1.78. The second kappa shape index (κ2) is 5.07. The minimum absolute atomic E-state index is 0.0459. The SMILES string of the molecule is CCNc1cn2ccnc2c(N(C)C(C)(C)CC)n1. The van der Waals surface area contributed by atoms with Crippen molar-refractivity contribution in [1.82, 2.24) is 14.4 Å². The molecule has 0 aliphatic rings. The van der Waals surface area contributed by atoms with E-state index in [-0.39, 0.29) is 5.54 Å². The lowest BCUT2D eigenvalue weighted by Gasteiger charge is -2.36. The molecule has 2 heterocycles. The van der Waals surface area contributed by atoms with Crippen molar-refractivity contribution in [3.63, 3.8) is 0 Å². The lowest BCUT2D eigenvalue weighted by molar-refractivity contribution is 0.468. The van der Waals surface area contributed by atoms with Crippen molar-refractivity contribution in [2.45, 2.75) is 39.7 Å². The summed E-state index contributed by atoms with van der Waals surface area (Å²) in [6.45, 7) is 9.54. The van der Waals surface area contributed by atoms with E-state index in [2.05, 4.69) is 49.9 Å². The molecule has 0 fully saturated rings. The molecule has 0 radical (unpaired) electrons. The van der Waals surface area contributed by atoms with Gasteiger partial charge in [0.05, 0.1) is 6.20 Å². The maximum Gasteiger partial charge on any atom is 0.180 e. The van der Waals surface area contributed by atoms with E-state index in [4.69, 9.17) is 4.98 Å². The molecule has 0 aromatic carbocycles. The standard InChI is InChI=1S/C14H23N5/c1-6-14(3,4)18(5)13-12-16-8-9-19(12)10-11(17-13)15-7-2/h8-10,15H,6-7H2,1-5H3. The lowest BCUT2D eigenvalue weighted by Crippen LogP contribution is -2.41. The van der Waals surface area contributed by atoms with Crippen LogP contribution in [0.4, 0.5) is 11.6 Å². The molecular formula is C14H23N5. The first-order valence-electron chi connectivity index (χ1n) is 6.81. The average Bonchev–Trinajstić information content (AvgIpc) is 2.85. The van der Waals surface area contributed by atoms with E-state index < -0.39 is 0 Å². The number of fused-ring (bicyclic) bond motifs is 1. The van der Waals surface area contributed by atoms with Crippen molar-refractivity contribution < 1.29 is 0 Å². The molecule has 5 heteroatoms. The second-order valence-electron chi connectivity index (χ2n) is 5.36. The Bertz CT molecular complexity index is 558. The zero-order valence-electron chi connectivity index (χ0n) is 12.4. The zero-order valence-corrected chi connectivity index (χ0v) is 12.4. The van der Waals surface area contributed by atoms with Gasteiger partial charge in [-0.15, -0.1) is 0 Å². The summed E-state index contributed by atoms with van der Waals surface area (Å²) in [6.07, 6.45) is 6.78. The van der Waals surface area contributed by atoms with Gasteiger partial charge in [-0.1, -0.05) is 6.92 Å². The van der Waals surface area contributed by atoms with Crippen LogP contribution in [-0.4, -0.2) is 33.5 Å². The summed E-state index contributed by atoms with van der Waals surface area (Å²) in [6, 6.07) is 0. The highest BCUT2D eigenvalue weighted by molar-refractivity contribution is 5.67. The van der Waals surface area contributed by atoms with E-state index in [0.717, 1.165) is 30.2 Å². The Morgan fingerprint density at radius 1 is 1.37 bits per heavy atom. The van der Waals surface area contributed by atoms with Crippen LogP contribution in [-0.2, 0) is 0 Å². The number of imidazole rings is 1. The fraction of sp³-hybridized carbons (Fsp3) is 0.571. The minimum Gasteiger partial charge on any atom is -0.369 e. The first-order chi connectivity index (χ1) is 8.99. The molecule has 0 bridgehead atoms. The zero-order chi connectivity index (χ0) is 14.0. The van der Waals surface area contributed by atoms with Crippen LogP contribution >= 0.6 is 0 Å². The number of nitrogens with zero attached hydrogens (tertiary/aromatic N) is 4. The number of hydrogen-bond donors (Lipinski definition) is 1. The maximum absolute atomic E-state index is 4.71. The van der Waals surface area contributed by atoms with E-state index in [1.165, 1.54) is 0 Å². The topological polar surface area (TPSA) is 45.5 Å². The van der Waals surface area contributed by atoms with Crippen LogP contribution in [0.3, 0.4) is 0 Å². The Labute approximate surface area is 114 Å². The van der Waals surface area contributed by atoms with Crippen molar-refractivity contribution >= 4 is 17.3 Å². The summed E-state index contributed by atoms with van der Waals surface area (Å²) < 4.78 is 2.02. The summed E-state index contributed by atoms with van der Waals surface area (Å²) >= 11 is 0. The summed E-state index contributed by atoms with van der Waals surface area (Å²) in [5.74, 6) is 1.79. The largest absolute Gasteiger partial charge is 0.369 e. The Morgan fingerprint density at radius 3 is 2.74 bits per heavy atom. The third-order valence-corrected chi connectivity index (χ3v) is 3.81. The third kappa shape index (κ3) is 2.50. The van der Waals surface area contributed by atoms with Gasteiger partial charge in [-0.3, -0.25) is 0 Å². The number of rotatable bonds is 5. The van der Waals surface area contributed by atoms with Crippen molar-refractivity contribution in [3.05, 3.63) is 18.6 Å². The minimum atomic E-state index is 0.0459. The molecule has 0 amide bonds. The first-order valence-corrected chi connectivity index (χ1v) is 6.81. The van der Waals surface area contributed by atoms with Crippen molar-refractivity contribution in [2.75, 3.05) is 23.8 Å². The summed E-state index contributed by atoms with van der Waals surface area (Å²) in [5, 5.41) is 3.27. The van der Waals surface area contributed by atoms with Gasteiger partial charge in [-0.05, 0) is 27.2 Å². The predicted molar refractivity (Wildman–Crippen MR) is 79.9 cm³/mol. The van der Waals surface area contributed by atoms with Gasteiger partial charge in [0, 0.05) is 31.5 Å². The molecule has 0 saturated heterocycles. The summed E-state index contributed by atoms with van der Waals surface area (Å²) in [4.78, 5) is 11.3. The molecule has 2 rings (SSSR count). The van der Waals surface area contributed by atoms with Crippen molar-refractivity contribution in [1.29, 1.82) is 0 Å². The fourth-order valence-corrected chi connectivity index (χ4v) is 1.93. The van der Waals surface area contributed by atoms with E-state index in [1.54, 1.807) is 0 Å². The van der Waals surface area contributed by atoms with E-state index in [0.29, 0.717) is 0 Å². The molecular weight excluding hydrogens is 238 g/mol. The van der Waals surface area contributed by atoms with Gasteiger partial charge >= 0.3 is 0 Å². The highest BCUT2D eigenvalue weighted by Gasteiger charge is 2.25. The van der Waals surface area contributed by atoms with Crippen molar-refractivity contribution in [3.8, 4) is 0 Å². The molecule has 0 unspecified atom stereocenters. The smallest absolute Gasteiger partial charge is 0.180 e. The molecule has 104 valence electrons. The van der Waals surface area contributed by atoms with Gasteiger partial charge in [0.2, 0.25) is 0 Å². The van der Waals surface area contributed by atoms with Crippen LogP contribution in [0.1, 0.15) is 34.1 Å². The quantitative estimate of drug-likeness (QED) is 0.899. The van der Waals surface area contributed by atoms with Gasteiger partial charge in [0.15, 0.2) is 11.5 Å². The van der Waals surface area contributed by atoms with Crippen LogP contribution in [0.2, 0.25) is 0 Å². The maximum atomic E-state index is 4.71. The Kier molecular flexibility index (Phi) is 3.64. The van der Waals surface area contributed by atoms with Gasteiger partial charge < -0.3 is 14.6 Å². The number of aromatic nitrogens is 3. The molecule has 5 nitrogen and oxygen atoms in total. The highest BCUT2D eigenvalue weighted by atomic mass is 15.3. The van der Waals surface area contributed by atoms with Gasteiger partial charge in [0.25, 0.3) is 0 Å². The molecule has 0 aliphatic heterocycles. The Morgan fingerprint density at radius 2 is 2.11 bits per heavy atom. The molecule has 0 aliphatic carbocycles. The van der Waals surface area contributed by atoms with E-state index in [9.17, 15) is 0 Å².